The van der Waals surface area contributed by atoms with E-state index in [1.807, 2.05) is 58.9 Å². The minimum absolute atomic E-state index is 0.100. The molecular formula is C30H48N6O. The number of imidazole rings is 1. The van der Waals surface area contributed by atoms with E-state index in [0.29, 0.717) is 23.4 Å². The van der Waals surface area contributed by atoms with Crippen molar-refractivity contribution in [3.8, 4) is 11.8 Å². The maximum atomic E-state index is 6.01. The number of aromatic nitrogens is 4. The predicted molar refractivity (Wildman–Crippen MR) is 160 cm³/mol. The lowest BCUT2D eigenvalue weighted by Gasteiger charge is -2.23. The highest BCUT2D eigenvalue weighted by Crippen LogP contribution is 2.28. The van der Waals surface area contributed by atoms with Crippen LogP contribution in [0.1, 0.15) is 80.7 Å². The highest BCUT2D eigenvalue weighted by molar-refractivity contribution is 5.85. The van der Waals surface area contributed by atoms with Crippen LogP contribution in [0.3, 0.4) is 0 Å². The molecule has 0 spiro atoms. The SMILES string of the molecule is CC.CC.CCCN(CCC)c1nc(Oc2ccc(C)cc2)nc2nc(NC(C)/C=C\C=C(C)C)[nH]c12. The van der Waals surface area contributed by atoms with Crippen molar-refractivity contribution in [1.82, 2.24) is 19.9 Å². The zero-order valence-corrected chi connectivity index (χ0v) is 24.6. The molecule has 0 aliphatic heterocycles. The van der Waals surface area contributed by atoms with E-state index in [0.717, 1.165) is 37.3 Å². The molecule has 1 atom stereocenters. The summed E-state index contributed by atoms with van der Waals surface area (Å²) in [6.07, 6.45) is 8.27. The van der Waals surface area contributed by atoms with Crippen LogP contribution in [-0.4, -0.2) is 39.1 Å². The van der Waals surface area contributed by atoms with Gasteiger partial charge in [-0.25, -0.2) is 0 Å². The number of rotatable bonds is 11. The van der Waals surface area contributed by atoms with Crippen LogP contribution in [0.25, 0.3) is 11.2 Å². The van der Waals surface area contributed by atoms with Crippen molar-refractivity contribution >= 4 is 22.9 Å². The van der Waals surface area contributed by atoms with Crippen LogP contribution in [-0.2, 0) is 0 Å². The number of fused-ring (bicyclic) bond motifs is 1. The van der Waals surface area contributed by atoms with Crippen LogP contribution < -0.4 is 15.0 Å². The van der Waals surface area contributed by atoms with Gasteiger partial charge in [0, 0.05) is 19.1 Å². The summed E-state index contributed by atoms with van der Waals surface area (Å²) >= 11 is 0. The average Bonchev–Trinajstić information content (AvgIpc) is 3.29. The van der Waals surface area contributed by atoms with Crippen molar-refractivity contribution in [1.29, 1.82) is 0 Å². The van der Waals surface area contributed by atoms with Gasteiger partial charge < -0.3 is 19.9 Å². The summed E-state index contributed by atoms with van der Waals surface area (Å²) in [4.78, 5) is 19.8. The molecule has 37 heavy (non-hydrogen) atoms. The minimum Gasteiger partial charge on any atom is -0.424 e. The fourth-order valence-corrected chi connectivity index (χ4v) is 3.46. The van der Waals surface area contributed by atoms with Crippen LogP contribution in [0.15, 0.2) is 48.1 Å². The summed E-state index contributed by atoms with van der Waals surface area (Å²) in [5, 5.41) is 3.40. The van der Waals surface area contributed by atoms with Gasteiger partial charge in [0.25, 0.3) is 0 Å². The average molecular weight is 509 g/mol. The van der Waals surface area contributed by atoms with Crippen LogP contribution in [0.4, 0.5) is 11.8 Å². The van der Waals surface area contributed by atoms with E-state index < -0.39 is 0 Å². The molecule has 0 fully saturated rings. The number of benzene rings is 1. The second kappa shape index (κ2) is 17.2. The van der Waals surface area contributed by atoms with Crippen molar-refractivity contribution in [2.75, 3.05) is 23.3 Å². The summed E-state index contributed by atoms with van der Waals surface area (Å²) in [7, 11) is 0. The predicted octanol–water partition coefficient (Wildman–Crippen LogP) is 8.46. The van der Waals surface area contributed by atoms with Gasteiger partial charge in [-0.05, 0) is 52.7 Å². The highest BCUT2D eigenvalue weighted by Gasteiger charge is 2.19. The van der Waals surface area contributed by atoms with Gasteiger partial charge in [-0.2, -0.15) is 15.0 Å². The van der Waals surface area contributed by atoms with Crippen LogP contribution in [0.2, 0.25) is 0 Å². The number of nitrogens with zero attached hydrogens (tertiary/aromatic N) is 4. The molecule has 0 amide bonds. The number of nitrogens with one attached hydrogen (secondary N) is 2. The monoisotopic (exact) mass is 508 g/mol. The zero-order valence-electron chi connectivity index (χ0n) is 24.6. The van der Waals surface area contributed by atoms with Gasteiger partial charge in [0.1, 0.15) is 11.3 Å². The first-order valence-electron chi connectivity index (χ1n) is 13.7. The molecule has 3 rings (SSSR count). The summed E-state index contributed by atoms with van der Waals surface area (Å²) in [5.41, 5.74) is 3.83. The number of anilines is 2. The van der Waals surface area contributed by atoms with Gasteiger partial charge >= 0.3 is 6.01 Å². The highest BCUT2D eigenvalue weighted by atomic mass is 16.5. The number of ether oxygens (including phenoxy) is 1. The van der Waals surface area contributed by atoms with E-state index in [1.54, 1.807) is 0 Å². The molecule has 3 aromatic rings. The maximum absolute atomic E-state index is 6.01. The molecule has 1 aromatic carbocycles. The third kappa shape index (κ3) is 10.3. The normalized spacial score (nSPS) is 11.2. The first-order valence-corrected chi connectivity index (χ1v) is 13.7. The molecule has 0 saturated heterocycles. The summed E-state index contributed by atoms with van der Waals surface area (Å²) < 4.78 is 6.01. The summed E-state index contributed by atoms with van der Waals surface area (Å²) in [6.45, 7) is 22.4. The van der Waals surface area contributed by atoms with Crippen molar-refractivity contribution in [3.63, 3.8) is 0 Å². The smallest absolute Gasteiger partial charge is 0.326 e. The summed E-state index contributed by atoms with van der Waals surface area (Å²) in [6, 6.07) is 8.27. The number of H-pyrrole nitrogens is 1. The largest absolute Gasteiger partial charge is 0.424 e. The summed E-state index contributed by atoms with van der Waals surface area (Å²) in [5.74, 6) is 2.18. The number of aromatic amines is 1. The minimum atomic E-state index is 0.100. The molecule has 0 radical (unpaired) electrons. The molecular weight excluding hydrogens is 460 g/mol. The van der Waals surface area contributed by atoms with Gasteiger partial charge in [-0.3, -0.25) is 0 Å². The number of hydrogen-bond acceptors (Lipinski definition) is 6. The van der Waals surface area contributed by atoms with E-state index in [4.69, 9.17) is 14.7 Å². The first kappa shape index (κ1) is 31.7. The van der Waals surface area contributed by atoms with E-state index in [-0.39, 0.29) is 6.04 Å². The van der Waals surface area contributed by atoms with E-state index in [9.17, 15) is 0 Å². The molecule has 0 bridgehead atoms. The van der Waals surface area contributed by atoms with Gasteiger partial charge in [0.2, 0.25) is 5.95 Å². The molecule has 7 heteroatoms. The Bertz CT molecular complexity index is 1090. The number of allylic oxidation sites excluding steroid dienone is 3. The maximum Gasteiger partial charge on any atom is 0.326 e. The standard InChI is InChI=1S/C26H36N6O.2C2H6/c1-7-16-32(17-8-2)24-22-23(29-25(28-22)27-20(6)11-9-10-18(3)4)30-26(31-24)33-21-14-12-19(5)13-15-21;2*1-2/h9-15,20H,7-8,16-17H2,1-6H3,(H2,27,28,29,30,31);2*1-2H3/b11-9-;;. The molecule has 2 heterocycles. The Labute approximate surface area is 224 Å². The topological polar surface area (TPSA) is 79.0 Å². The molecule has 0 saturated carbocycles. The molecule has 1 unspecified atom stereocenters. The quantitative estimate of drug-likeness (QED) is 0.253. The van der Waals surface area contributed by atoms with Gasteiger partial charge in [-0.1, -0.05) is 83.0 Å². The van der Waals surface area contributed by atoms with Crippen LogP contribution in [0, 0.1) is 6.92 Å². The second-order valence-corrected chi connectivity index (χ2v) is 8.58. The molecule has 2 aromatic heterocycles. The number of aryl methyl sites for hydroxylation is 1. The fourth-order valence-electron chi connectivity index (χ4n) is 3.46. The van der Waals surface area contributed by atoms with Crippen LogP contribution >= 0.6 is 0 Å². The molecule has 0 aliphatic carbocycles. The lowest BCUT2D eigenvalue weighted by atomic mass is 10.2. The van der Waals surface area contributed by atoms with Crippen molar-refractivity contribution in [2.45, 2.75) is 88.1 Å². The van der Waals surface area contributed by atoms with E-state index in [1.165, 1.54) is 11.1 Å². The Balaban J connectivity index is 0.00000163. The number of hydrogen-bond donors (Lipinski definition) is 2. The van der Waals surface area contributed by atoms with E-state index >= 15 is 0 Å². The Morgan fingerprint density at radius 1 is 1.00 bits per heavy atom. The Morgan fingerprint density at radius 2 is 1.62 bits per heavy atom. The lowest BCUT2D eigenvalue weighted by Crippen LogP contribution is -2.26. The molecule has 2 N–H and O–H groups in total. The van der Waals surface area contributed by atoms with Gasteiger partial charge in [-0.15, -0.1) is 0 Å². The third-order valence-electron chi connectivity index (χ3n) is 5.02. The van der Waals surface area contributed by atoms with Crippen molar-refractivity contribution < 1.29 is 4.74 Å². The molecule has 204 valence electrons. The fraction of sp³-hybridized carbons (Fsp3) is 0.500. The first-order chi connectivity index (χ1) is 17.9. The van der Waals surface area contributed by atoms with Crippen molar-refractivity contribution in [2.24, 2.45) is 0 Å². The third-order valence-corrected chi connectivity index (χ3v) is 5.02. The van der Waals surface area contributed by atoms with E-state index in [2.05, 4.69) is 73.0 Å². The van der Waals surface area contributed by atoms with Gasteiger partial charge in [0.15, 0.2) is 11.5 Å². The molecule has 7 nitrogen and oxygen atoms in total. The Morgan fingerprint density at radius 3 is 2.19 bits per heavy atom. The Kier molecular flexibility index (Phi) is 14.7. The van der Waals surface area contributed by atoms with Gasteiger partial charge in [0.05, 0.1) is 0 Å². The Hall–Kier alpha value is -3.35. The van der Waals surface area contributed by atoms with Crippen molar-refractivity contribution in [3.05, 3.63) is 53.6 Å². The molecule has 0 aliphatic rings. The van der Waals surface area contributed by atoms with Crippen LogP contribution in [0.5, 0.6) is 11.8 Å². The lowest BCUT2D eigenvalue weighted by molar-refractivity contribution is 0.443. The second-order valence-electron chi connectivity index (χ2n) is 8.58. The zero-order chi connectivity index (χ0) is 27.8.